The number of nitrogens with zero attached hydrogens (tertiary/aromatic N) is 3. The Balaban J connectivity index is 2.34. The third kappa shape index (κ3) is 2.21. The number of carboxylic acid groups (broad SMARTS) is 1. The van der Waals surface area contributed by atoms with Gasteiger partial charge in [-0.3, -0.25) is 4.79 Å². The number of rotatable bonds is 4. The van der Waals surface area contributed by atoms with Gasteiger partial charge in [-0.05, 0) is 23.6 Å². The number of benzene rings is 1. The SMILES string of the molecule is [N-]=[N+]=N[C@@H](Cc1c[nH]c2ccccc12)C(=O)O. The van der Waals surface area contributed by atoms with Crippen molar-refractivity contribution >= 4 is 16.9 Å². The first-order chi connectivity index (χ1) is 8.22. The maximum Gasteiger partial charge on any atom is 0.312 e. The molecule has 6 heteroatoms. The van der Waals surface area contributed by atoms with Crippen LogP contribution in [-0.4, -0.2) is 22.1 Å². The average Bonchev–Trinajstić information content (AvgIpc) is 2.72. The van der Waals surface area contributed by atoms with Crippen molar-refractivity contribution in [3.8, 4) is 0 Å². The van der Waals surface area contributed by atoms with Crippen LogP contribution < -0.4 is 0 Å². The highest BCUT2D eigenvalue weighted by Crippen LogP contribution is 2.19. The second-order valence-electron chi connectivity index (χ2n) is 3.62. The Labute approximate surface area is 96.5 Å². The van der Waals surface area contributed by atoms with E-state index in [0.717, 1.165) is 16.5 Å². The summed E-state index contributed by atoms with van der Waals surface area (Å²) in [6.45, 7) is 0. The van der Waals surface area contributed by atoms with E-state index in [2.05, 4.69) is 15.0 Å². The van der Waals surface area contributed by atoms with Crippen LogP contribution in [0.15, 0.2) is 35.6 Å². The van der Waals surface area contributed by atoms with Crippen LogP contribution in [0.25, 0.3) is 21.3 Å². The van der Waals surface area contributed by atoms with Gasteiger partial charge in [-0.25, -0.2) is 0 Å². The van der Waals surface area contributed by atoms with E-state index in [1.54, 1.807) is 6.20 Å². The molecule has 2 N–H and O–H groups in total. The van der Waals surface area contributed by atoms with Crippen molar-refractivity contribution in [1.82, 2.24) is 4.98 Å². The van der Waals surface area contributed by atoms with Crippen LogP contribution in [0.1, 0.15) is 5.56 Å². The largest absolute Gasteiger partial charge is 0.481 e. The normalized spacial score (nSPS) is 12.0. The van der Waals surface area contributed by atoms with Gasteiger partial charge in [0.2, 0.25) is 0 Å². The van der Waals surface area contributed by atoms with Crippen LogP contribution in [-0.2, 0) is 11.2 Å². The van der Waals surface area contributed by atoms with Crippen molar-refractivity contribution in [3.63, 3.8) is 0 Å². The van der Waals surface area contributed by atoms with Gasteiger partial charge >= 0.3 is 5.97 Å². The van der Waals surface area contributed by atoms with Gasteiger partial charge in [-0.1, -0.05) is 23.3 Å². The van der Waals surface area contributed by atoms with E-state index in [9.17, 15) is 4.79 Å². The van der Waals surface area contributed by atoms with Crippen LogP contribution >= 0.6 is 0 Å². The Morgan fingerprint density at radius 3 is 3.00 bits per heavy atom. The molecule has 86 valence electrons. The van der Waals surface area contributed by atoms with Crippen LogP contribution in [0.5, 0.6) is 0 Å². The molecular formula is C11H10N4O2. The number of hydrogen-bond acceptors (Lipinski definition) is 2. The molecule has 0 aliphatic rings. The fraction of sp³-hybridized carbons (Fsp3) is 0.182. The van der Waals surface area contributed by atoms with Crippen molar-refractivity contribution in [2.45, 2.75) is 12.5 Å². The smallest absolute Gasteiger partial charge is 0.312 e. The fourth-order valence-corrected chi connectivity index (χ4v) is 1.75. The van der Waals surface area contributed by atoms with Gasteiger partial charge in [0.1, 0.15) is 6.04 Å². The van der Waals surface area contributed by atoms with Gasteiger partial charge in [0.25, 0.3) is 0 Å². The lowest BCUT2D eigenvalue weighted by atomic mass is 10.1. The van der Waals surface area contributed by atoms with Crippen LogP contribution in [0, 0.1) is 0 Å². The Morgan fingerprint density at radius 1 is 1.53 bits per heavy atom. The number of aliphatic carboxylic acids is 1. The Bertz CT molecular complexity index is 596. The molecule has 0 saturated carbocycles. The summed E-state index contributed by atoms with van der Waals surface area (Å²) in [7, 11) is 0. The summed E-state index contributed by atoms with van der Waals surface area (Å²) in [6.07, 6.45) is 1.93. The lowest BCUT2D eigenvalue weighted by Gasteiger charge is -2.04. The number of aromatic amines is 1. The van der Waals surface area contributed by atoms with Gasteiger partial charge < -0.3 is 10.1 Å². The fourth-order valence-electron chi connectivity index (χ4n) is 1.75. The highest BCUT2D eigenvalue weighted by molar-refractivity contribution is 5.84. The van der Waals surface area contributed by atoms with Crippen molar-refractivity contribution in [2.75, 3.05) is 0 Å². The molecule has 0 aliphatic heterocycles. The summed E-state index contributed by atoms with van der Waals surface area (Å²) in [5, 5.41) is 13.1. The number of fused-ring (bicyclic) bond motifs is 1. The first-order valence-electron chi connectivity index (χ1n) is 5.04. The molecule has 17 heavy (non-hydrogen) atoms. The predicted octanol–water partition coefficient (Wildman–Crippen LogP) is 2.47. The second kappa shape index (κ2) is 4.59. The Kier molecular flexibility index (Phi) is 2.98. The Morgan fingerprint density at radius 2 is 2.29 bits per heavy atom. The maximum absolute atomic E-state index is 10.9. The zero-order valence-corrected chi connectivity index (χ0v) is 8.87. The van der Waals surface area contributed by atoms with Crippen LogP contribution in [0.3, 0.4) is 0 Å². The van der Waals surface area contributed by atoms with E-state index in [1.165, 1.54) is 0 Å². The molecule has 1 aromatic heterocycles. The summed E-state index contributed by atoms with van der Waals surface area (Å²) in [5.41, 5.74) is 10.1. The third-order valence-corrected chi connectivity index (χ3v) is 2.56. The first kappa shape index (κ1) is 11.0. The zero-order valence-electron chi connectivity index (χ0n) is 8.87. The minimum Gasteiger partial charge on any atom is -0.481 e. The quantitative estimate of drug-likeness (QED) is 0.478. The van der Waals surface area contributed by atoms with Gasteiger partial charge in [0, 0.05) is 22.0 Å². The third-order valence-electron chi connectivity index (χ3n) is 2.56. The van der Waals surface area contributed by atoms with E-state index < -0.39 is 12.0 Å². The molecule has 1 atom stereocenters. The minimum absolute atomic E-state index is 0.184. The standard InChI is InChI=1S/C11H10N4O2/c12-15-14-10(11(16)17)5-7-6-13-9-4-2-1-3-8(7)9/h1-4,6,10,13H,5H2,(H,16,17)/t10-/m0/s1. The average molecular weight is 230 g/mol. The number of nitrogens with one attached hydrogen (secondary N) is 1. The molecule has 2 rings (SSSR count). The predicted molar refractivity (Wildman–Crippen MR) is 62.6 cm³/mol. The van der Waals surface area contributed by atoms with E-state index in [0.29, 0.717) is 0 Å². The number of azide groups is 1. The first-order valence-corrected chi connectivity index (χ1v) is 5.04. The summed E-state index contributed by atoms with van der Waals surface area (Å²) >= 11 is 0. The second-order valence-corrected chi connectivity index (χ2v) is 3.62. The highest BCUT2D eigenvalue weighted by Gasteiger charge is 2.17. The van der Waals surface area contributed by atoms with Crippen molar-refractivity contribution in [1.29, 1.82) is 0 Å². The minimum atomic E-state index is -1.12. The number of para-hydroxylation sites is 1. The summed E-state index contributed by atoms with van der Waals surface area (Å²) < 4.78 is 0. The highest BCUT2D eigenvalue weighted by atomic mass is 16.4. The molecule has 0 fully saturated rings. The molecule has 0 bridgehead atoms. The lowest BCUT2D eigenvalue weighted by Crippen LogP contribution is -2.19. The van der Waals surface area contributed by atoms with E-state index in [1.807, 2.05) is 24.3 Å². The molecule has 0 amide bonds. The molecule has 1 heterocycles. The summed E-state index contributed by atoms with van der Waals surface area (Å²) in [4.78, 5) is 16.5. The number of hydrogen-bond donors (Lipinski definition) is 2. The molecule has 0 aliphatic carbocycles. The lowest BCUT2D eigenvalue weighted by molar-refractivity contribution is -0.138. The number of carboxylic acids is 1. The maximum atomic E-state index is 10.9. The van der Waals surface area contributed by atoms with E-state index in [-0.39, 0.29) is 6.42 Å². The zero-order chi connectivity index (χ0) is 12.3. The monoisotopic (exact) mass is 230 g/mol. The van der Waals surface area contributed by atoms with Gasteiger partial charge in [-0.15, -0.1) is 0 Å². The van der Waals surface area contributed by atoms with Crippen LogP contribution in [0.2, 0.25) is 0 Å². The van der Waals surface area contributed by atoms with Crippen molar-refractivity contribution in [3.05, 3.63) is 46.5 Å². The van der Waals surface area contributed by atoms with Gasteiger partial charge in [0.05, 0.1) is 0 Å². The molecule has 0 radical (unpaired) electrons. The number of H-pyrrole nitrogens is 1. The molecule has 6 nitrogen and oxygen atoms in total. The van der Waals surface area contributed by atoms with E-state index in [4.69, 9.17) is 10.6 Å². The molecular weight excluding hydrogens is 220 g/mol. The van der Waals surface area contributed by atoms with E-state index >= 15 is 0 Å². The summed E-state index contributed by atoms with van der Waals surface area (Å²) in [6, 6.07) is 6.51. The molecule has 0 unspecified atom stereocenters. The molecule has 0 spiro atoms. The molecule has 1 aromatic carbocycles. The van der Waals surface area contributed by atoms with Gasteiger partial charge in [-0.2, -0.15) is 0 Å². The number of carbonyl (C=O) groups is 1. The Hall–Kier alpha value is -2.46. The summed E-state index contributed by atoms with van der Waals surface area (Å²) in [5.74, 6) is -1.12. The van der Waals surface area contributed by atoms with Crippen molar-refractivity contribution < 1.29 is 9.90 Å². The van der Waals surface area contributed by atoms with Crippen LogP contribution in [0.4, 0.5) is 0 Å². The topological polar surface area (TPSA) is 102 Å². The van der Waals surface area contributed by atoms with Gasteiger partial charge in [0.15, 0.2) is 0 Å². The molecule has 2 aromatic rings. The molecule has 0 saturated heterocycles. The number of aromatic nitrogens is 1. The van der Waals surface area contributed by atoms with Crippen molar-refractivity contribution in [2.24, 2.45) is 5.11 Å².